The summed E-state index contributed by atoms with van der Waals surface area (Å²) in [5, 5.41) is 15.3. The van der Waals surface area contributed by atoms with Gasteiger partial charge in [0.25, 0.3) is 15.0 Å². The number of sulfonamides is 1. The number of aliphatic imine (C=N–C) groups is 1. The highest BCUT2D eigenvalue weighted by molar-refractivity contribution is 7.90. The van der Waals surface area contributed by atoms with E-state index in [1.54, 1.807) is 13.1 Å². The van der Waals surface area contributed by atoms with E-state index < -0.39 is 15.0 Å². The maximum absolute atomic E-state index is 12.9. The van der Waals surface area contributed by atoms with E-state index in [4.69, 9.17) is 5.14 Å². The highest BCUT2D eigenvalue weighted by Crippen LogP contribution is 2.39. The standard InChI is InChI=1S/C21H34N6O2S/c1-15-14-23-18(24-16-10-8-7-9-11-16)26-21(15,30(22,28)29)25-17-12-19(2,3)27(6)20(4,5)13-17/h7-11,14,17,25H,12-13H2,1-6H3,(H2,22,28,29)(H2,23,24,26). The molecule has 30 heavy (non-hydrogen) atoms. The summed E-state index contributed by atoms with van der Waals surface area (Å²) in [5.41, 5.74) is 1.07. The number of primary sulfonamides is 1. The minimum absolute atomic E-state index is 0.0901. The second kappa shape index (κ2) is 7.64. The molecular weight excluding hydrogens is 400 g/mol. The molecule has 0 aromatic heterocycles. The number of likely N-dealkylation sites (tertiary alicyclic amines) is 1. The van der Waals surface area contributed by atoms with E-state index in [-0.39, 0.29) is 17.1 Å². The zero-order chi connectivity index (χ0) is 22.4. The Labute approximate surface area is 180 Å². The van der Waals surface area contributed by atoms with Crippen molar-refractivity contribution in [2.45, 2.75) is 69.6 Å². The SMILES string of the molecule is CC1=CNC(Nc2ccccc2)=NC1(NC1CC(C)(C)N(C)C(C)(C)C1)S(N)(=O)=O. The average molecular weight is 435 g/mol. The van der Waals surface area contributed by atoms with Gasteiger partial charge in [-0.1, -0.05) is 18.2 Å². The van der Waals surface area contributed by atoms with Gasteiger partial charge in [-0.2, -0.15) is 0 Å². The molecule has 0 bridgehead atoms. The van der Waals surface area contributed by atoms with Crippen molar-refractivity contribution in [3.8, 4) is 0 Å². The third kappa shape index (κ3) is 4.25. The van der Waals surface area contributed by atoms with Crippen molar-refractivity contribution in [1.29, 1.82) is 0 Å². The molecule has 3 rings (SSSR count). The van der Waals surface area contributed by atoms with Crippen molar-refractivity contribution in [2.75, 3.05) is 12.4 Å². The monoisotopic (exact) mass is 434 g/mol. The molecule has 1 atom stereocenters. The minimum Gasteiger partial charge on any atom is -0.332 e. The van der Waals surface area contributed by atoms with Gasteiger partial charge in [-0.25, -0.2) is 18.5 Å². The predicted molar refractivity (Wildman–Crippen MR) is 122 cm³/mol. The number of nitrogens with two attached hydrogens (primary N) is 1. The molecule has 1 aromatic rings. The zero-order valence-electron chi connectivity index (χ0n) is 18.7. The van der Waals surface area contributed by atoms with E-state index in [0.29, 0.717) is 11.5 Å². The third-order valence-corrected chi connectivity index (χ3v) is 7.74. The molecule has 1 saturated heterocycles. The largest absolute Gasteiger partial charge is 0.332 e. The number of rotatable bonds is 4. The molecule has 0 spiro atoms. The van der Waals surface area contributed by atoms with E-state index in [1.165, 1.54) is 0 Å². The summed E-state index contributed by atoms with van der Waals surface area (Å²) in [5.74, 6) is 0.319. The maximum atomic E-state index is 12.9. The molecular formula is C21H34N6O2S. The Morgan fingerprint density at radius 2 is 1.70 bits per heavy atom. The third-order valence-electron chi connectivity index (χ3n) is 6.39. The summed E-state index contributed by atoms with van der Waals surface area (Å²) in [6.45, 7) is 10.4. The lowest BCUT2D eigenvalue weighted by molar-refractivity contribution is -0.0203. The molecule has 2 aliphatic heterocycles. The first-order valence-electron chi connectivity index (χ1n) is 10.2. The van der Waals surface area contributed by atoms with Gasteiger partial charge in [0.2, 0.25) is 5.96 Å². The lowest BCUT2D eigenvalue weighted by Crippen LogP contribution is -2.67. The normalized spacial score (nSPS) is 27.0. The Bertz CT molecular complexity index is 937. The Hall–Kier alpha value is -1.94. The number of piperidine rings is 1. The summed E-state index contributed by atoms with van der Waals surface area (Å²) < 4.78 is 25.8. The molecule has 9 heteroatoms. The first-order chi connectivity index (χ1) is 13.8. The lowest BCUT2D eigenvalue weighted by Gasteiger charge is -2.54. The van der Waals surface area contributed by atoms with Crippen molar-refractivity contribution in [1.82, 2.24) is 15.5 Å². The van der Waals surface area contributed by atoms with Gasteiger partial charge in [-0.3, -0.25) is 10.2 Å². The molecule has 0 amide bonds. The van der Waals surface area contributed by atoms with E-state index in [1.807, 2.05) is 30.3 Å². The number of benzene rings is 1. The van der Waals surface area contributed by atoms with E-state index >= 15 is 0 Å². The van der Waals surface area contributed by atoms with Crippen molar-refractivity contribution in [3.63, 3.8) is 0 Å². The lowest BCUT2D eigenvalue weighted by atomic mass is 9.77. The first-order valence-corrected chi connectivity index (χ1v) is 11.7. The van der Waals surface area contributed by atoms with Gasteiger partial charge in [0, 0.05) is 34.6 Å². The number of nitrogens with zero attached hydrogens (tertiary/aromatic N) is 2. The zero-order valence-corrected chi connectivity index (χ0v) is 19.5. The molecule has 0 aliphatic carbocycles. The summed E-state index contributed by atoms with van der Waals surface area (Å²) >= 11 is 0. The Morgan fingerprint density at radius 1 is 1.13 bits per heavy atom. The van der Waals surface area contributed by atoms with Crippen LogP contribution in [0.4, 0.5) is 5.69 Å². The van der Waals surface area contributed by atoms with Crippen LogP contribution in [-0.4, -0.2) is 48.4 Å². The van der Waals surface area contributed by atoms with E-state index in [2.05, 4.69) is 60.6 Å². The minimum atomic E-state index is -4.11. The van der Waals surface area contributed by atoms with Gasteiger partial charge in [-0.05, 0) is 66.6 Å². The van der Waals surface area contributed by atoms with Crippen molar-refractivity contribution < 1.29 is 8.42 Å². The fraction of sp³-hybridized carbons (Fsp3) is 0.571. The number of hydrogen-bond acceptors (Lipinski definition) is 7. The quantitative estimate of drug-likeness (QED) is 0.578. The molecule has 0 radical (unpaired) electrons. The van der Waals surface area contributed by atoms with Gasteiger partial charge >= 0.3 is 0 Å². The molecule has 2 heterocycles. The highest BCUT2D eigenvalue weighted by atomic mass is 32.2. The van der Waals surface area contributed by atoms with E-state index in [9.17, 15) is 8.42 Å². The van der Waals surface area contributed by atoms with Crippen LogP contribution < -0.4 is 21.1 Å². The van der Waals surface area contributed by atoms with Crippen LogP contribution >= 0.6 is 0 Å². The van der Waals surface area contributed by atoms with Crippen molar-refractivity contribution in [2.24, 2.45) is 10.1 Å². The van der Waals surface area contributed by atoms with Crippen LogP contribution in [0.3, 0.4) is 0 Å². The van der Waals surface area contributed by atoms with Gasteiger partial charge in [0.1, 0.15) is 0 Å². The second-order valence-electron chi connectivity index (χ2n) is 9.55. The first kappa shape index (κ1) is 22.7. The Morgan fingerprint density at radius 3 is 2.23 bits per heavy atom. The molecule has 2 aliphatic rings. The van der Waals surface area contributed by atoms with Gasteiger partial charge < -0.3 is 10.6 Å². The molecule has 8 nitrogen and oxygen atoms in total. The number of para-hydroxylation sites is 1. The topological polar surface area (TPSA) is 112 Å². The second-order valence-corrected chi connectivity index (χ2v) is 11.2. The molecule has 1 aromatic carbocycles. The maximum Gasteiger partial charge on any atom is 0.254 e. The van der Waals surface area contributed by atoms with Crippen molar-refractivity contribution >= 4 is 21.7 Å². The number of nitrogens with one attached hydrogen (secondary N) is 3. The van der Waals surface area contributed by atoms with Crippen LogP contribution in [0.1, 0.15) is 47.5 Å². The van der Waals surface area contributed by atoms with Crippen LogP contribution in [0, 0.1) is 0 Å². The number of anilines is 1. The fourth-order valence-electron chi connectivity index (χ4n) is 4.54. The average Bonchev–Trinajstić information content (AvgIpc) is 2.62. The predicted octanol–water partition coefficient (Wildman–Crippen LogP) is 2.14. The van der Waals surface area contributed by atoms with Gasteiger partial charge in [0.05, 0.1) is 0 Å². The summed E-state index contributed by atoms with van der Waals surface area (Å²) in [6.07, 6.45) is 3.17. The summed E-state index contributed by atoms with van der Waals surface area (Å²) in [7, 11) is -2.00. The fourth-order valence-corrected chi connectivity index (χ4v) is 5.60. The van der Waals surface area contributed by atoms with Gasteiger partial charge in [-0.15, -0.1) is 0 Å². The summed E-state index contributed by atoms with van der Waals surface area (Å²) in [4.78, 5) is 5.17. The van der Waals surface area contributed by atoms with Crippen LogP contribution in [-0.2, 0) is 10.0 Å². The van der Waals surface area contributed by atoms with Crippen LogP contribution in [0.5, 0.6) is 0 Å². The molecule has 0 saturated carbocycles. The number of hydrogen-bond donors (Lipinski definition) is 4. The Balaban J connectivity index is 1.97. The molecule has 1 fully saturated rings. The van der Waals surface area contributed by atoms with Crippen LogP contribution in [0.15, 0.2) is 47.1 Å². The summed E-state index contributed by atoms with van der Waals surface area (Å²) in [6, 6.07) is 9.35. The van der Waals surface area contributed by atoms with Gasteiger partial charge in [0.15, 0.2) is 0 Å². The van der Waals surface area contributed by atoms with Crippen LogP contribution in [0.25, 0.3) is 0 Å². The number of guanidine groups is 1. The van der Waals surface area contributed by atoms with Crippen LogP contribution in [0.2, 0.25) is 0 Å². The van der Waals surface area contributed by atoms with Crippen molar-refractivity contribution in [3.05, 3.63) is 42.1 Å². The molecule has 1 unspecified atom stereocenters. The Kier molecular flexibility index (Phi) is 5.79. The van der Waals surface area contributed by atoms with E-state index in [0.717, 1.165) is 18.5 Å². The molecule has 166 valence electrons. The highest BCUT2D eigenvalue weighted by Gasteiger charge is 2.51. The molecule has 5 N–H and O–H groups in total. The smallest absolute Gasteiger partial charge is 0.254 e.